The summed E-state index contributed by atoms with van der Waals surface area (Å²) in [6.45, 7) is 3.61. The molecule has 2 aromatic heterocycles. The highest BCUT2D eigenvalue weighted by molar-refractivity contribution is 7.17. The Morgan fingerprint density at radius 3 is 2.74 bits per heavy atom. The van der Waals surface area contributed by atoms with Crippen LogP contribution in [-0.2, 0) is 11.2 Å². The molecule has 6 nitrogen and oxygen atoms in total. The molecule has 0 atom stereocenters. The number of aryl methyl sites for hydroxylation is 2. The number of aromatic nitrogens is 1. The lowest BCUT2D eigenvalue weighted by Gasteiger charge is -2.10. The number of nitrogens with zero attached hydrogens (tertiary/aromatic N) is 1. The van der Waals surface area contributed by atoms with Crippen LogP contribution in [0.3, 0.4) is 0 Å². The second-order valence-electron chi connectivity index (χ2n) is 5.70. The Hall–Kier alpha value is -2.71. The summed E-state index contributed by atoms with van der Waals surface area (Å²) >= 11 is 2.87. The van der Waals surface area contributed by atoms with Crippen molar-refractivity contribution in [2.45, 2.75) is 20.3 Å². The number of amides is 2. The molecule has 0 fully saturated rings. The summed E-state index contributed by atoms with van der Waals surface area (Å²) < 4.78 is 5.53. The molecular formula is C19H19N3O3S2. The molecule has 27 heavy (non-hydrogen) atoms. The second-order valence-corrected chi connectivity index (χ2v) is 7.48. The molecule has 0 aliphatic rings. The fraction of sp³-hybridized carbons (Fsp3) is 0.211. The quantitative estimate of drug-likeness (QED) is 0.619. The number of carbonyl (C=O) groups is 2. The molecule has 0 bridgehead atoms. The molecule has 0 aliphatic carbocycles. The van der Waals surface area contributed by atoms with E-state index in [2.05, 4.69) is 15.8 Å². The van der Waals surface area contributed by atoms with Gasteiger partial charge in [0.25, 0.3) is 11.8 Å². The Balaban J connectivity index is 1.54. The van der Waals surface area contributed by atoms with E-state index in [-0.39, 0.29) is 6.61 Å². The lowest BCUT2D eigenvalue weighted by atomic mass is 10.1. The van der Waals surface area contributed by atoms with Gasteiger partial charge in [-0.2, -0.15) is 11.3 Å². The highest BCUT2D eigenvalue weighted by atomic mass is 32.1. The first-order valence-electron chi connectivity index (χ1n) is 8.38. The Kier molecular flexibility index (Phi) is 6.20. The molecular weight excluding hydrogens is 382 g/mol. The molecule has 140 valence electrons. The minimum Gasteiger partial charge on any atom is -0.483 e. The average Bonchev–Trinajstić information content (AvgIpc) is 3.34. The van der Waals surface area contributed by atoms with Gasteiger partial charge in [0, 0.05) is 10.9 Å². The van der Waals surface area contributed by atoms with E-state index in [9.17, 15) is 9.59 Å². The van der Waals surface area contributed by atoms with E-state index in [1.807, 2.05) is 48.0 Å². The summed E-state index contributed by atoms with van der Waals surface area (Å²) in [6.07, 6.45) is 0.811. The van der Waals surface area contributed by atoms with Crippen molar-refractivity contribution >= 4 is 34.5 Å². The number of carbonyl (C=O) groups excluding carboxylic acids is 2. The maximum atomic E-state index is 12.3. The molecule has 0 saturated heterocycles. The summed E-state index contributed by atoms with van der Waals surface area (Å²) in [5.74, 6) is -0.163. The molecule has 0 saturated carbocycles. The molecule has 0 radical (unpaired) electrons. The topological polar surface area (TPSA) is 80.3 Å². The standard InChI is InChI=1S/C19H19N3O3S2/c1-3-13-6-4-5-7-15(13)25-10-16(23)21-22-18(24)17-12(2)20-19(27-17)14-8-9-26-11-14/h4-9,11H,3,10H2,1-2H3,(H,21,23)(H,22,24). The van der Waals surface area contributed by atoms with Crippen molar-refractivity contribution in [2.24, 2.45) is 0 Å². The maximum Gasteiger partial charge on any atom is 0.281 e. The smallest absolute Gasteiger partial charge is 0.281 e. The molecule has 0 unspecified atom stereocenters. The summed E-state index contributed by atoms with van der Waals surface area (Å²) in [5.41, 5.74) is 7.43. The Bertz CT molecular complexity index is 936. The number of para-hydroxylation sites is 1. The van der Waals surface area contributed by atoms with Gasteiger partial charge in [0.05, 0.1) is 5.69 Å². The zero-order valence-corrected chi connectivity index (χ0v) is 16.6. The molecule has 2 heterocycles. The number of hydrogen-bond donors (Lipinski definition) is 2. The van der Waals surface area contributed by atoms with Crippen LogP contribution in [0.1, 0.15) is 27.9 Å². The predicted molar refractivity (Wildman–Crippen MR) is 107 cm³/mol. The van der Waals surface area contributed by atoms with Gasteiger partial charge in [0.15, 0.2) is 6.61 Å². The number of hydrazine groups is 1. The lowest BCUT2D eigenvalue weighted by molar-refractivity contribution is -0.123. The number of benzene rings is 1. The molecule has 1 aromatic carbocycles. The van der Waals surface area contributed by atoms with Crippen LogP contribution >= 0.6 is 22.7 Å². The van der Waals surface area contributed by atoms with Crippen LogP contribution in [0.5, 0.6) is 5.75 Å². The largest absolute Gasteiger partial charge is 0.483 e. The Morgan fingerprint density at radius 2 is 2.00 bits per heavy atom. The van der Waals surface area contributed by atoms with Crippen LogP contribution in [0.25, 0.3) is 10.6 Å². The van der Waals surface area contributed by atoms with Gasteiger partial charge in [0.2, 0.25) is 0 Å². The van der Waals surface area contributed by atoms with Crippen molar-refractivity contribution in [3.05, 3.63) is 57.2 Å². The van der Waals surface area contributed by atoms with Gasteiger partial charge in [-0.1, -0.05) is 25.1 Å². The van der Waals surface area contributed by atoms with Crippen molar-refractivity contribution < 1.29 is 14.3 Å². The molecule has 3 rings (SSSR count). The van der Waals surface area contributed by atoms with E-state index in [1.165, 1.54) is 11.3 Å². The molecule has 2 amide bonds. The number of nitrogens with one attached hydrogen (secondary N) is 2. The highest BCUT2D eigenvalue weighted by Crippen LogP contribution is 2.29. The van der Waals surface area contributed by atoms with Crippen molar-refractivity contribution in [3.8, 4) is 16.3 Å². The summed E-state index contributed by atoms with van der Waals surface area (Å²) in [6, 6.07) is 9.50. The first-order chi connectivity index (χ1) is 13.1. The summed E-state index contributed by atoms with van der Waals surface area (Å²) in [4.78, 5) is 29.2. The van der Waals surface area contributed by atoms with Gasteiger partial charge in [-0.25, -0.2) is 4.98 Å². The van der Waals surface area contributed by atoms with E-state index in [0.29, 0.717) is 16.3 Å². The number of rotatable bonds is 6. The van der Waals surface area contributed by atoms with Crippen LogP contribution in [-0.4, -0.2) is 23.4 Å². The zero-order chi connectivity index (χ0) is 19.2. The predicted octanol–water partition coefficient (Wildman–Crippen LogP) is 3.58. The number of thiophene rings is 1. The SMILES string of the molecule is CCc1ccccc1OCC(=O)NNC(=O)c1sc(-c2ccsc2)nc1C. The van der Waals surface area contributed by atoms with E-state index >= 15 is 0 Å². The maximum absolute atomic E-state index is 12.3. The van der Waals surface area contributed by atoms with Gasteiger partial charge in [-0.15, -0.1) is 11.3 Å². The minimum absolute atomic E-state index is 0.181. The third-order valence-electron chi connectivity index (χ3n) is 3.80. The normalized spacial score (nSPS) is 10.4. The second kappa shape index (κ2) is 8.79. The van der Waals surface area contributed by atoms with E-state index in [1.54, 1.807) is 18.3 Å². The summed E-state index contributed by atoms with van der Waals surface area (Å²) in [7, 11) is 0. The third-order valence-corrected chi connectivity index (χ3v) is 5.69. The Morgan fingerprint density at radius 1 is 1.19 bits per heavy atom. The minimum atomic E-state index is -0.436. The van der Waals surface area contributed by atoms with Crippen molar-refractivity contribution in [2.75, 3.05) is 6.61 Å². The first-order valence-corrected chi connectivity index (χ1v) is 10.1. The number of ether oxygens (including phenoxy) is 1. The summed E-state index contributed by atoms with van der Waals surface area (Å²) in [5, 5.41) is 4.72. The van der Waals surface area contributed by atoms with Crippen molar-refractivity contribution in [1.82, 2.24) is 15.8 Å². The van der Waals surface area contributed by atoms with Crippen LogP contribution < -0.4 is 15.6 Å². The van der Waals surface area contributed by atoms with E-state index < -0.39 is 11.8 Å². The number of thiazole rings is 1. The van der Waals surface area contributed by atoms with Crippen LogP contribution in [0.4, 0.5) is 0 Å². The molecule has 0 aliphatic heterocycles. The van der Waals surface area contributed by atoms with E-state index in [0.717, 1.165) is 22.6 Å². The van der Waals surface area contributed by atoms with Crippen LogP contribution in [0.2, 0.25) is 0 Å². The first kappa shape index (κ1) is 19.1. The van der Waals surface area contributed by atoms with E-state index in [4.69, 9.17) is 4.74 Å². The highest BCUT2D eigenvalue weighted by Gasteiger charge is 2.17. The molecule has 8 heteroatoms. The van der Waals surface area contributed by atoms with Gasteiger partial charge < -0.3 is 4.74 Å². The van der Waals surface area contributed by atoms with Crippen LogP contribution in [0, 0.1) is 6.92 Å². The fourth-order valence-corrected chi connectivity index (χ4v) is 4.09. The van der Waals surface area contributed by atoms with Gasteiger partial charge in [0.1, 0.15) is 15.6 Å². The fourth-order valence-electron chi connectivity index (χ4n) is 2.42. The molecule has 0 spiro atoms. The zero-order valence-electron chi connectivity index (χ0n) is 14.9. The molecule has 2 N–H and O–H groups in total. The lowest BCUT2D eigenvalue weighted by Crippen LogP contribution is -2.43. The Labute approximate surface area is 165 Å². The van der Waals surface area contributed by atoms with Crippen LogP contribution in [0.15, 0.2) is 41.1 Å². The monoisotopic (exact) mass is 401 g/mol. The van der Waals surface area contributed by atoms with Gasteiger partial charge in [-0.3, -0.25) is 20.4 Å². The van der Waals surface area contributed by atoms with Crippen molar-refractivity contribution in [3.63, 3.8) is 0 Å². The van der Waals surface area contributed by atoms with Gasteiger partial charge >= 0.3 is 0 Å². The average molecular weight is 402 g/mol. The number of hydrogen-bond acceptors (Lipinski definition) is 6. The third kappa shape index (κ3) is 4.72. The van der Waals surface area contributed by atoms with Gasteiger partial charge in [-0.05, 0) is 36.4 Å². The van der Waals surface area contributed by atoms with Crippen molar-refractivity contribution in [1.29, 1.82) is 0 Å². The molecule has 3 aromatic rings.